The normalized spacial score (nSPS) is 27.1. The average molecular weight is 325 g/mol. The number of hydrogen-bond donors (Lipinski definition) is 1. The minimum absolute atomic E-state index is 0.138. The number of rotatable bonds is 2. The third-order valence-corrected chi connectivity index (χ3v) is 4.24. The van der Waals surface area contributed by atoms with Crippen molar-refractivity contribution < 1.29 is 9.53 Å². The number of halogens is 1. The Morgan fingerprint density at radius 3 is 2.64 bits per heavy atom. The van der Waals surface area contributed by atoms with Gasteiger partial charge in [-0.1, -0.05) is 11.6 Å². The number of nitrogens with zero attached hydrogens (tertiary/aromatic N) is 3. The van der Waals surface area contributed by atoms with E-state index in [0.717, 1.165) is 19.4 Å². The summed E-state index contributed by atoms with van der Waals surface area (Å²) in [5.41, 5.74) is -0.471. The van der Waals surface area contributed by atoms with Crippen molar-refractivity contribution in [1.82, 2.24) is 14.9 Å². The van der Waals surface area contributed by atoms with E-state index in [1.165, 1.54) is 0 Å². The maximum Gasteiger partial charge on any atom is 0.410 e. The van der Waals surface area contributed by atoms with Gasteiger partial charge in [0.25, 0.3) is 0 Å². The second-order valence-electron chi connectivity index (χ2n) is 7.01. The fourth-order valence-corrected chi connectivity index (χ4v) is 3.36. The van der Waals surface area contributed by atoms with Crippen molar-refractivity contribution in [2.24, 2.45) is 5.92 Å². The van der Waals surface area contributed by atoms with Crippen molar-refractivity contribution in [2.75, 3.05) is 11.9 Å². The zero-order valence-electron chi connectivity index (χ0n) is 13.0. The van der Waals surface area contributed by atoms with Crippen LogP contribution >= 0.6 is 11.6 Å². The number of amides is 1. The van der Waals surface area contributed by atoms with E-state index < -0.39 is 5.60 Å². The number of aromatic nitrogens is 2. The van der Waals surface area contributed by atoms with E-state index in [9.17, 15) is 4.79 Å². The Bertz CT molecular complexity index is 558. The van der Waals surface area contributed by atoms with Gasteiger partial charge in [-0.2, -0.15) is 0 Å². The Morgan fingerprint density at radius 1 is 1.36 bits per heavy atom. The highest BCUT2D eigenvalue weighted by Crippen LogP contribution is 2.39. The predicted molar refractivity (Wildman–Crippen MR) is 83.9 cm³/mol. The molecule has 0 radical (unpaired) electrons. The molecule has 3 rings (SSSR count). The summed E-state index contributed by atoms with van der Waals surface area (Å²) in [6.07, 6.45) is 4.93. The predicted octanol–water partition coefficient (Wildman–Crippen LogP) is 2.94. The lowest BCUT2D eigenvalue weighted by molar-refractivity contribution is 0.0179. The number of fused-ring (bicyclic) bond motifs is 2. The first-order valence-corrected chi connectivity index (χ1v) is 7.93. The molecule has 1 aliphatic heterocycles. The van der Waals surface area contributed by atoms with Crippen LogP contribution in [0.15, 0.2) is 12.4 Å². The number of likely N-dealkylation sites (tertiary alicyclic amines) is 1. The van der Waals surface area contributed by atoms with Crippen molar-refractivity contribution in [2.45, 2.75) is 51.3 Å². The second-order valence-corrected chi connectivity index (χ2v) is 7.45. The molecule has 1 aromatic heterocycles. The summed E-state index contributed by atoms with van der Waals surface area (Å²) in [6, 6.07) is 0.298. The number of carbonyl (C=O) groups excluding carboxylic acids is 1. The number of ether oxygens (including phenoxy) is 1. The standard InChI is InChI=1S/C15H21ClN4O2/c1-15(2,3)22-14(21)20-8-9-4-11(12(20)5-9)19-13-17-6-10(16)7-18-13/h6-7,9,11-12H,4-5,8H2,1-3H3,(H,17,18,19). The number of carbonyl (C=O) groups is 1. The lowest BCUT2D eigenvalue weighted by Gasteiger charge is -2.34. The van der Waals surface area contributed by atoms with Gasteiger partial charge in [0.05, 0.1) is 23.5 Å². The smallest absolute Gasteiger partial charge is 0.410 e. The molecule has 3 unspecified atom stereocenters. The fourth-order valence-electron chi connectivity index (χ4n) is 3.26. The molecule has 0 spiro atoms. The molecular weight excluding hydrogens is 304 g/mol. The van der Waals surface area contributed by atoms with Crippen LogP contribution in [0.3, 0.4) is 0 Å². The minimum Gasteiger partial charge on any atom is -0.444 e. The van der Waals surface area contributed by atoms with Gasteiger partial charge in [0.2, 0.25) is 5.95 Å². The molecule has 7 heteroatoms. The van der Waals surface area contributed by atoms with E-state index in [0.29, 0.717) is 16.9 Å². The lowest BCUT2D eigenvalue weighted by Crippen LogP contribution is -2.49. The molecule has 0 aromatic carbocycles. The Hall–Kier alpha value is -1.56. The van der Waals surface area contributed by atoms with Crippen molar-refractivity contribution in [3.8, 4) is 0 Å². The topological polar surface area (TPSA) is 67.3 Å². The second kappa shape index (κ2) is 5.57. The summed E-state index contributed by atoms with van der Waals surface area (Å²) in [5.74, 6) is 1.06. The van der Waals surface area contributed by atoms with Crippen LogP contribution in [-0.2, 0) is 4.74 Å². The SMILES string of the molecule is CC(C)(C)OC(=O)N1CC2CC(Nc3ncc(Cl)cn3)C1C2. The number of anilines is 1. The summed E-state index contributed by atoms with van der Waals surface area (Å²) < 4.78 is 5.50. The summed E-state index contributed by atoms with van der Waals surface area (Å²) in [4.78, 5) is 22.5. The Balaban J connectivity index is 1.66. The molecule has 1 amide bonds. The van der Waals surface area contributed by atoms with Gasteiger partial charge < -0.3 is 15.0 Å². The minimum atomic E-state index is -0.471. The summed E-state index contributed by atoms with van der Waals surface area (Å²) in [7, 11) is 0. The van der Waals surface area contributed by atoms with E-state index in [-0.39, 0.29) is 18.2 Å². The molecule has 2 heterocycles. The van der Waals surface area contributed by atoms with Crippen LogP contribution < -0.4 is 5.32 Å². The quantitative estimate of drug-likeness (QED) is 0.906. The van der Waals surface area contributed by atoms with Crippen LogP contribution in [0, 0.1) is 5.92 Å². The Morgan fingerprint density at radius 2 is 2.05 bits per heavy atom. The third-order valence-electron chi connectivity index (χ3n) is 4.04. The maximum absolute atomic E-state index is 12.3. The van der Waals surface area contributed by atoms with E-state index in [1.54, 1.807) is 12.4 Å². The molecule has 120 valence electrons. The Labute approximate surface area is 135 Å². The molecule has 2 bridgehead atoms. The summed E-state index contributed by atoms with van der Waals surface area (Å²) in [5, 5.41) is 3.83. The number of piperidine rings is 1. The number of hydrogen-bond acceptors (Lipinski definition) is 5. The average Bonchev–Trinajstić information content (AvgIpc) is 2.99. The zero-order valence-corrected chi connectivity index (χ0v) is 13.8. The fraction of sp³-hybridized carbons (Fsp3) is 0.667. The highest BCUT2D eigenvalue weighted by atomic mass is 35.5. The van der Waals surface area contributed by atoms with Gasteiger partial charge in [0.15, 0.2) is 0 Å². The van der Waals surface area contributed by atoms with Crippen LogP contribution in [0.5, 0.6) is 0 Å². The van der Waals surface area contributed by atoms with Gasteiger partial charge in [0.1, 0.15) is 5.60 Å². The molecule has 3 atom stereocenters. The van der Waals surface area contributed by atoms with Gasteiger partial charge in [-0.3, -0.25) is 0 Å². The maximum atomic E-state index is 12.3. The summed E-state index contributed by atoms with van der Waals surface area (Å²) >= 11 is 5.80. The molecule has 1 saturated heterocycles. The van der Waals surface area contributed by atoms with Gasteiger partial charge >= 0.3 is 6.09 Å². The molecule has 1 N–H and O–H groups in total. The molecule has 22 heavy (non-hydrogen) atoms. The molecule has 2 fully saturated rings. The van der Waals surface area contributed by atoms with Crippen LogP contribution in [0.1, 0.15) is 33.6 Å². The first-order valence-electron chi connectivity index (χ1n) is 7.55. The highest BCUT2D eigenvalue weighted by molar-refractivity contribution is 6.30. The van der Waals surface area contributed by atoms with E-state index in [1.807, 2.05) is 25.7 Å². The largest absolute Gasteiger partial charge is 0.444 e. The van der Waals surface area contributed by atoms with Crippen LogP contribution in [0.4, 0.5) is 10.7 Å². The molecular formula is C15H21ClN4O2. The number of nitrogens with one attached hydrogen (secondary N) is 1. The van der Waals surface area contributed by atoms with Crippen LogP contribution in [-0.4, -0.2) is 45.2 Å². The van der Waals surface area contributed by atoms with Crippen molar-refractivity contribution >= 4 is 23.6 Å². The van der Waals surface area contributed by atoms with E-state index in [4.69, 9.17) is 16.3 Å². The van der Waals surface area contributed by atoms with E-state index in [2.05, 4.69) is 15.3 Å². The molecule has 6 nitrogen and oxygen atoms in total. The van der Waals surface area contributed by atoms with Crippen molar-refractivity contribution in [3.05, 3.63) is 17.4 Å². The van der Waals surface area contributed by atoms with Crippen LogP contribution in [0.25, 0.3) is 0 Å². The van der Waals surface area contributed by atoms with Crippen molar-refractivity contribution in [1.29, 1.82) is 0 Å². The van der Waals surface area contributed by atoms with Gasteiger partial charge in [-0.15, -0.1) is 0 Å². The first kappa shape index (κ1) is 15.3. The zero-order chi connectivity index (χ0) is 15.9. The third kappa shape index (κ3) is 3.27. The molecule has 2 aliphatic rings. The molecule has 1 aromatic rings. The monoisotopic (exact) mass is 324 g/mol. The molecule has 1 aliphatic carbocycles. The Kier molecular flexibility index (Phi) is 3.89. The van der Waals surface area contributed by atoms with Crippen molar-refractivity contribution in [3.63, 3.8) is 0 Å². The van der Waals surface area contributed by atoms with E-state index >= 15 is 0 Å². The molecule has 1 saturated carbocycles. The lowest BCUT2D eigenvalue weighted by atomic mass is 10.1. The first-order chi connectivity index (χ1) is 10.3. The van der Waals surface area contributed by atoms with Crippen LogP contribution in [0.2, 0.25) is 5.02 Å². The highest BCUT2D eigenvalue weighted by Gasteiger charge is 2.48. The summed E-state index contributed by atoms with van der Waals surface area (Å²) in [6.45, 7) is 6.43. The van der Waals surface area contributed by atoms with Gasteiger partial charge in [-0.05, 0) is 39.5 Å². The van der Waals surface area contributed by atoms with Gasteiger partial charge in [0, 0.05) is 12.6 Å². The van der Waals surface area contributed by atoms with Gasteiger partial charge in [-0.25, -0.2) is 14.8 Å².